The molecular formula is C16H24O. The van der Waals surface area contributed by atoms with Crippen LogP contribution in [0.1, 0.15) is 62.6 Å². The molecule has 0 aliphatic heterocycles. The second-order valence-electron chi connectivity index (χ2n) is 5.57. The lowest BCUT2D eigenvalue weighted by atomic mass is 9.84. The van der Waals surface area contributed by atoms with Gasteiger partial charge in [0, 0.05) is 0 Å². The molecule has 1 nitrogen and oxygen atoms in total. The lowest BCUT2D eigenvalue weighted by molar-refractivity contribution is 0.0452. The van der Waals surface area contributed by atoms with Crippen LogP contribution >= 0.6 is 0 Å². The second kappa shape index (κ2) is 5.22. The predicted molar refractivity (Wildman–Crippen MR) is 72.2 cm³/mol. The van der Waals surface area contributed by atoms with E-state index in [1.165, 1.54) is 36.8 Å². The van der Waals surface area contributed by atoms with Gasteiger partial charge in [-0.1, -0.05) is 38.0 Å². The number of hydrogen-bond acceptors (Lipinski definition) is 1. The van der Waals surface area contributed by atoms with Crippen LogP contribution in [0.15, 0.2) is 18.2 Å². The molecule has 0 amide bonds. The van der Waals surface area contributed by atoms with Gasteiger partial charge in [0.25, 0.3) is 0 Å². The first-order chi connectivity index (χ1) is 8.13. The van der Waals surface area contributed by atoms with E-state index in [0.717, 1.165) is 24.8 Å². The third-order valence-corrected chi connectivity index (χ3v) is 3.99. The predicted octanol–water partition coefficient (Wildman–Crippen LogP) is 3.96. The van der Waals surface area contributed by atoms with Crippen LogP contribution in [0, 0.1) is 0 Å². The first kappa shape index (κ1) is 12.6. The van der Waals surface area contributed by atoms with Crippen molar-refractivity contribution in [2.24, 2.45) is 0 Å². The summed E-state index contributed by atoms with van der Waals surface area (Å²) in [6.07, 6.45) is 8.11. The maximum atomic E-state index is 10.5. The molecule has 1 N–H and O–H groups in total. The van der Waals surface area contributed by atoms with Crippen molar-refractivity contribution in [1.29, 1.82) is 0 Å². The summed E-state index contributed by atoms with van der Waals surface area (Å²) < 4.78 is 0. The molecule has 0 bridgehead atoms. The van der Waals surface area contributed by atoms with Gasteiger partial charge >= 0.3 is 0 Å². The summed E-state index contributed by atoms with van der Waals surface area (Å²) in [5.41, 5.74) is 3.41. The number of benzene rings is 1. The van der Waals surface area contributed by atoms with Crippen molar-refractivity contribution in [3.05, 3.63) is 34.9 Å². The highest BCUT2D eigenvalue weighted by Crippen LogP contribution is 2.30. The number of rotatable bonds is 4. The van der Waals surface area contributed by atoms with Gasteiger partial charge in [-0.05, 0) is 55.7 Å². The summed E-state index contributed by atoms with van der Waals surface area (Å²) in [6.45, 7) is 4.12. The molecule has 1 aromatic rings. The molecule has 0 saturated heterocycles. The van der Waals surface area contributed by atoms with Gasteiger partial charge in [0.15, 0.2) is 0 Å². The van der Waals surface area contributed by atoms with Gasteiger partial charge < -0.3 is 5.11 Å². The topological polar surface area (TPSA) is 20.2 Å². The molecule has 0 fully saturated rings. The molecule has 17 heavy (non-hydrogen) atoms. The SMILES string of the molecule is CCCCC(C)(O)c1ccc2c(c1)CCCC2. The van der Waals surface area contributed by atoms with Crippen LogP contribution in [-0.4, -0.2) is 5.11 Å². The third-order valence-electron chi connectivity index (χ3n) is 3.99. The highest BCUT2D eigenvalue weighted by molar-refractivity contribution is 5.36. The number of unbranched alkanes of at least 4 members (excludes halogenated alkanes) is 1. The maximum absolute atomic E-state index is 10.5. The smallest absolute Gasteiger partial charge is 0.0868 e. The molecule has 1 aromatic carbocycles. The van der Waals surface area contributed by atoms with E-state index in [1.54, 1.807) is 0 Å². The summed E-state index contributed by atoms with van der Waals surface area (Å²) in [7, 11) is 0. The molecule has 0 aromatic heterocycles. The Bertz CT molecular complexity index is 379. The quantitative estimate of drug-likeness (QED) is 0.833. The van der Waals surface area contributed by atoms with Crippen molar-refractivity contribution in [1.82, 2.24) is 0 Å². The highest BCUT2D eigenvalue weighted by Gasteiger charge is 2.23. The Hall–Kier alpha value is -0.820. The van der Waals surface area contributed by atoms with Crippen LogP contribution in [0.2, 0.25) is 0 Å². The summed E-state index contributed by atoms with van der Waals surface area (Å²) >= 11 is 0. The Morgan fingerprint density at radius 3 is 2.59 bits per heavy atom. The maximum Gasteiger partial charge on any atom is 0.0868 e. The van der Waals surface area contributed by atoms with Gasteiger partial charge in [0.05, 0.1) is 5.60 Å². The van der Waals surface area contributed by atoms with Crippen molar-refractivity contribution in [2.75, 3.05) is 0 Å². The standard InChI is InChI=1S/C16H24O/c1-3-4-11-16(2,17)15-10-9-13-7-5-6-8-14(13)12-15/h9-10,12,17H,3-8,11H2,1-2H3. The molecule has 1 atom stereocenters. The lowest BCUT2D eigenvalue weighted by Crippen LogP contribution is -2.21. The number of fused-ring (bicyclic) bond motifs is 1. The lowest BCUT2D eigenvalue weighted by Gasteiger charge is -2.26. The minimum atomic E-state index is -0.650. The summed E-state index contributed by atoms with van der Waals surface area (Å²) in [5, 5.41) is 10.5. The fraction of sp³-hybridized carbons (Fsp3) is 0.625. The molecule has 2 rings (SSSR count). The summed E-state index contributed by atoms with van der Waals surface area (Å²) in [6, 6.07) is 6.59. The molecule has 0 radical (unpaired) electrons. The van der Waals surface area contributed by atoms with Gasteiger partial charge in [-0.2, -0.15) is 0 Å². The molecule has 0 spiro atoms. The van der Waals surface area contributed by atoms with Crippen molar-refractivity contribution >= 4 is 0 Å². The van der Waals surface area contributed by atoms with E-state index < -0.39 is 5.60 Å². The Kier molecular flexibility index (Phi) is 3.88. The van der Waals surface area contributed by atoms with E-state index in [9.17, 15) is 5.11 Å². The van der Waals surface area contributed by atoms with E-state index in [2.05, 4.69) is 25.1 Å². The van der Waals surface area contributed by atoms with Gasteiger partial charge in [-0.15, -0.1) is 0 Å². The Morgan fingerprint density at radius 2 is 1.88 bits per heavy atom. The molecular weight excluding hydrogens is 208 g/mol. The Balaban J connectivity index is 2.20. The Morgan fingerprint density at radius 1 is 1.18 bits per heavy atom. The van der Waals surface area contributed by atoms with E-state index in [-0.39, 0.29) is 0 Å². The normalized spacial score (nSPS) is 18.5. The fourth-order valence-electron chi connectivity index (χ4n) is 2.73. The van der Waals surface area contributed by atoms with Crippen LogP contribution in [-0.2, 0) is 18.4 Å². The van der Waals surface area contributed by atoms with Crippen molar-refractivity contribution in [3.63, 3.8) is 0 Å². The highest BCUT2D eigenvalue weighted by atomic mass is 16.3. The first-order valence-corrected chi connectivity index (χ1v) is 6.98. The molecule has 1 aliphatic carbocycles. The molecule has 94 valence electrons. The van der Waals surface area contributed by atoms with E-state index in [1.807, 2.05) is 6.92 Å². The van der Waals surface area contributed by atoms with Gasteiger partial charge in [0.1, 0.15) is 0 Å². The third kappa shape index (κ3) is 2.90. The molecule has 1 unspecified atom stereocenters. The largest absolute Gasteiger partial charge is 0.385 e. The minimum Gasteiger partial charge on any atom is -0.385 e. The Labute approximate surface area is 105 Å². The van der Waals surface area contributed by atoms with Crippen LogP contribution in [0.25, 0.3) is 0 Å². The van der Waals surface area contributed by atoms with Crippen LogP contribution < -0.4 is 0 Å². The van der Waals surface area contributed by atoms with E-state index >= 15 is 0 Å². The zero-order chi connectivity index (χ0) is 12.3. The second-order valence-corrected chi connectivity index (χ2v) is 5.57. The monoisotopic (exact) mass is 232 g/mol. The van der Waals surface area contributed by atoms with Gasteiger partial charge in [-0.3, -0.25) is 0 Å². The number of aliphatic hydroxyl groups is 1. The zero-order valence-corrected chi connectivity index (χ0v) is 11.1. The summed E-state index contributed by atoms with van der Waals surface area (Å²) in [4.78, 5) is 0. The average molecular weight is 232 g/mol. The van der Waals surface area contributed by atoms with Crippen LogP contribution in [0.4, 0.5) is 0 Å². The van der Waals surface area contributed by atoms with Gasteiger partial charge in [0.2, 0.25) is 0 Å². The zero-order valence-electron chi connectivity index (χ0n) is 11.1. The number of hydrogen-bond donors (Lipinski definition) is 1. The van der Waals surface area contributed by atoms with Crippen LogP contribution in [0.3, 0.4) is 0 Å². The molecule has 0 saturated carbocycles. The molecule has 1 aliphatic rings. The molecule has 0 heterocycles. The van der Waals surface area contributed by atoms with E-state index in [4.69, 9.17) is 0 Å². The van der Waals surface area contributed by atoms with Crippen LogP contribution in [0.5, 0.6) is 0 Å². The first-order valence-electron chi connectivity index (χ1n) is 6.98. The number of aryl methyl sites for hydroxylation is 2. The summed E-state index contributed by atoms with van der Waals surface area (Å²) in [5.74, 6) is 0. The van der Waals surface area contributed by atoms with Crippen molar-refractivity contribution in [2.45, 2.75) is 64.4 Å². The fourth-order valence-corrected chi connectivity index (χ4v) is 2.73. The van der Waals surface area contributed by atoms with Gasteiger partial charge in [-0.25, -0.2) is 0 Å². The average Bonchev–Trinajstić information content (AvgIpc) is 2.36. The van der Waals surface area contributed by atoms with E-state index in [0.29, 0.717) is 0 Å². The van der Waals surface area contributed by atoms with Crippen molar-refractivity contribution < 1.29 is 5.11 Å². The minimum absolute atomic E-state index is 0.650. The molecule has 1 heteroatoms. The van der Waals surface area contributed by atoms with Crippen molar-refractivity contribution in [3.8, 4) is 0 Å².